The molecule has 0 fully saturated rings. The van der Waals surface area contributed by atoms with E-state index in [1.165, 1.54) is 22.9 Å². The minimum Gasteiger partial charge on any atom is -0.506 e. The number of phenols is 1. The first-order chi connectivity index (χ1) is 10.6. The van der Waals surface area contributed by atoms with Crippen molar-refractivity contribution in [2.45, 2.75) is 0 Å². The number of benzene rings is 1. The molecule has 0 saturated heterocycles. The number of phenolic OH excluding ortho intramolecular Hbond substituents is 1. The minimum atomic E-state index is -0.725. The largest absolute Gasteiger partial charge is 0.506 e. The maximum absolute atomic E-state index is 13.6. The standard InChI is InChI=1S/C15H11FN4O2/c16-10-4-1-6-12(21)14(10)19-15(22)11-5-2-7-13(18-11)20-9-3-8-17-20/h1-9,21H,(H,19,22). The summed E-state index contributed by atoms with van der Waals surface area (Å²) in [4.78, 5) is 16.3. The summed E-state index contributed by atoms with van der Waals surface area (Å²) >= 11 is 0. The van der Waals surface area contributed by atoms with Gasteiger partial charge in [-0.05, 0) is 30.3 Å². The second kappa shape index (κ2) is 5.65. The van der Waals surface area contributed by atoms with E-state index in [-0.39, 0.29) is 17.1 Å². The number of halogens is 1. The summed E-state index contributed by atoms with van der Waals surface area (Å²) in [5, 5.41) is 15.9. The third kappa shape index (κ3) is 2.64. The molecule has 0 aliphatic carbocycles. The minimum absolute atomic E-state index is 0.0793. The van der Waals surface area contributed by atoms with Crippen LogP contribution in [0, 0.1) is 5.82 Å². The third-order valence-electron chi connectivity index (χ3n) is 2.94. The predicted octanol–water partition coefficient (Wildman–Crippen LogP) is 2.36. The van der Waals surface area contributed by atoms with Gasteiger partial charge in [0.2, 0.25) is 0 Å². The molecule has 6 nitrogen and oxygen atoms in total. The van der Waals surface area contributed by atoms with Gasteiger partial charge in [-0.25, -0.2) is 14.1 Å². The smallest absolute Gasteiger partial charge is 0.274 e. The number of nitrogens with one attached hydrogen (secondary N) is 1. The fraction of sp³-hybridized carbons (Fsp3) is 0. The quantitative estimate of drug-likeness (QED) is 0.727. The first kappa shape index (κ1) is 13.7. The van der Waals surface area contributed by atoms with Gasteiger partial charge in [0.05, 0.1) is 0 Å². The van der Waals surface area contributed by atoms with Crippen LogP contribution in [0.5, 0.6) is 5.75 Å². The fourth-order valence-corrected chi connectivity index (χ4v) is 1.90. The summed E-state index contributed by atoms with van der Waals surface area (Å²) < 4.78 is 15.1. The molecule has 2 aromatic heterocycles. The predicted molar refractivity (Wildman–Crippen MR) is 77.4 cm³/mol. The second-order valence-corrected chi connectivity index (χ2v) is 4.42. The molecule has 0 aliphatic heterocycles. The van der Waals surface area contributed by atoms with Gasteiger partial charge in [0.25, 0.3) is 5.91 Å². The molecule has 2 N–H and O–H groups in total. The number of anilines is 1. The Morgan fingerprint density at radius 2 is 2.00 bits per heavy atom. The van der Waals surface area contributed by atoms with Crippen molar-refractivity contribution in [2.24, 2.45) is 0 Å². The summed E-state index contributed by atoms with van der Waals surface area (Å²) in [6.45, 7) is 0. The molecule has 1 aromatic carbocycles. The highest BCUT2D eigenvalue weighted by atomic mass is 19.1. The lowest BCUT2D eigenvalue weighted by molar-refractivity contribution is 0.102. The van der Waals surface area contributed by atoms with Crippen LogP contribution in [-0.2, 0) is 0 Å². The number of hydrogen-bond acceptors (Lipinski definition) is 4. The molecule has 0 atom stereocenters. The van der Waals surface area contributed by atoms with Crippen LogP contribution in [-0.4, -0.2) is 25.8 Å². The summed E-state index contributed by atoms with van der Waals surface area (Å²) in [5.74, 6) is -1.25. The molecule has 0 saturated carbocycles. The Morgan fingerprint density at radius 3 is 2.73 bits per heavy atom. The topological polar surface area (TPSA) is 80.0 Å². The number of rotatable bonds is 3. The van der Waals surface area contributed by atoms with Gasteiger partial charge in [0.1, 0.15) is 17.1 Å². The lowest BCUT2D eigenvalue weighted by atomic mass is 10.2. The van der Waals surface area contributed by atoms with Crippen molar-refractivity contribution in [3.63, 3.8) is 0 Å². The van der Waals surface area contributed by atoms with E-state index >= 15 is 0 Å². The lowest BCUT2D eigenvalue weighted by Gasteiger charge is -2.08. The highest BCUT2D eigenvalue weighted by Crippen LogP contribution is 2.26. The van der Waals surface area contributed by atoms with Crippen LogP contribution >= 0.6 is 0 Å². The van der Waals surface area contributed by atoms with E-state index in [9.17, 15) is 14.3 Å². The van der Waals surface area contributed by atoms with Crippen LogP contribution in [0.3, 0.4) is 0 Å². The van der Waals surface area contributed by atoms with E-state index in [0.29, 0.717) is 5.82 Å². The monoisotopic (exact) mass is 298 g/mol. The molecule has 3 rings (SSSR count). The summed E-state index contributed by atoms with van der Waals surface area (Å²) in [6, 6.07) is 10.3. The number of carbonyl (C=O) groups excluding carboxylic acids is 1. The van der Waals surface area contributed by atoms with Gasteiger partial charge in [0, 0.05) is 12.4 Å². The molecule has 1 amide bonds. The van der Waals surface area contributed by atoms with Crippen molar-refractivity contribution in [1.29, 1.82) is 0 Å². The average Bonchev–Trinajstić information content (AvgIpc) is 3.05. The number of amides is 1. The molecular formula is C15H11FN4O2. The lowest BCUT2D eigenvalue weighted by Crippen LogP contribution is -2.15. The number of nitrogens with zero attached hydrogens (tertiary/aromatic N) is 3. The average molecular weight is 298 g/mol. The second-order valence-electron chi connectivity index (χ2n) is 4.42. The van der Waals surface area contributed by atoms with E-state index in [1.807, 2.05) is 0 Å². The first-order valence-corrected chi connectivity index (χ1v) is 6.41. The molecule has 7 heteroatoms. The van der Waals surface area contributed by atoms with Crippen molar-refractivity contribution < 1.29 is 14.3 Å². The Bertz CT molecular complexity index is 798. The van der Waals surface area contributed by atoms with Crippen LogP contribution in [0.4, 0.5) is 10.1 Å². The number of aromatic nitrogens is 3. The Balaban J connectivity index is 1.88. The Hall–Kier alpha value is -3.22. The van der Waals surface area contributed by atoms with Crippen LogP contribution in [0.1, 0.15) is 10.5 Å². The van der Waals surface area contributed by atoms with Crippen molar-refractivity contribution >= 4 is 11.6 Å². The number of pyridine rings is 1. The van der Waals surface area contributed by atoms with Crippen molar-refractivity contribution in [2.75, 3.05) is 5.32 Å². The van der Waals surface area contributed by atoms with Gasteiger partial charge in [0.15, 0.2) is 11.6 Å². The zero-order chi connectivity index (χ0) is 15.5. The fourth-order valence-electron chi connectivity index (χ4n) is 1.90. The van der Waals surface area contributed by atoms with E-state index in [2.05, 4.69) is 15.4 Å². The van der Waals surface area contributed by atoms with Gasteiger partial charge in [-0.1, -0.05) is 12.1 Å². The van der Waals surface area contributed by atoms with Crippen LogP contribution in [0.15, 0.2) is 54.9 Å². The zero-order valence-electron chi connectivity index (χ0n) is 11.3. The number of aromatic hydroxyl groups is 1. The molecule has 0 radical (unpaired) electrons. The van der Waals surface area contributed by atoms with Gasteiger partial charge >= 0.3 is 0 Å². The van der Waals surface area contributed by atoms with Crippen molar-refractivity contribution in [3.05, 3.63) is 66.4 Å². The molecule has 0 bridgehead atoms. The number of hydrogen-bond donors (Lipinski definition) is 2. The van der Waals surface area contributed by atoms with Crippen molar-refractivity contribution in [3.8, 4) is 11.6 Å². The third-order valence-corrected chi connectivity index (χ3v) is 2.94. The molecule has 2 heterocycles. The van der Waals surface area contributed by atoms with Gasteiger partial charge < -0.3 is 10.4 Å². The SMILES string of the molecule is O=C(Nc1c(O)cccc1F)c1cccc(-n2cccn2)n1. The summed E-state index contributed by atoms with van der Waals surface area (Å²) in [7, 11) is 0. The maximum atomic E-state index is 13.6. The molecule has 22 heavy (non-hydrogen) atoms. The van der Waals surface area contributed by atoms with Crippen LogP contribution < -0.4 is 5.32 Å². The number of carbonyl (C=O) groups is 1. The van der Waals surface area contributed by atoms with Gasteiger partial charge in [-0.3, -0.25) is 4.79 Å². The molecular weight excluding hydrogens is 287 g/mol. The summed E-state index contributed by atoms with van der Waals surface area (Å²) in [5.41, 5.74) is -0.200. The van der Waals surface area contributed by atoms with E-state index in [1.54, 1.807) is 30.6 Å². The van der Waals surface area contributed by atoms with Crippen LogP contribution in [0.25, 0.3) is 5.82 Å². The molecule has 0 spiro atoms. The first-order valence-electron chi connectivity index (χ1n) is 6.41. The Morgan fingerprint density at radius 1 is 1.18 bits per heavy atom. The van der Waals surface area contributed by atoms with Crippen molar-refractivity contribution in [1.82, 2.24) is 14.8 Å². The summed E-state index contributed by atoms with van der Waals surface area (Å²) in [6.07, 6.45) is 3.28. The van der Waals surface area contributed by atoms with E-state index in [0.717, 1.165) is 6.07 Å². The molecule has 110 valence electrons. The Kier molecular flexibility index (Phi) is 3.53. The maximum Gasteiger partial charge on any atom is 0.274 e. The highest BCUT2D eigenvalue weighted by Gasteiger charge is 2.14. The molecule has 0 unspecified atom stereocenters. The molecule has 3 aromatic rings. The Labute approximate surface area is 124 Å². The zero-order valence-corrected chi connectivity index (χ0v) is 11.3. The molecule has 0 aliphatic rings. The highest BCUT2D eigenvalue weighted by molar-refractivity contribution is 6.03. The van der Waals surface area contributed by atoms with Crippen LogP contribution in [0.2, 0.25) is 0 Å². The van der Waals surface area contributed by atoms with Gasteiger partial charge in [-0.15, -0.1) is 0 Å². The van der Waals surface area contributed by atoms with E-state index in [4.69, 9.17) is 0 Å². The number of para-hydroxylation sites is 1. The normalized spacial score (nSPS) is 10.4. The van der Waals surface area contributed by atoms with E-state index < -0.39 is 11.7 Å². The van der Waals surface area contributed by atoms with Gasteiger partial charge in [-0.2, -0.15) is 5.10 Å².